The minimum absolute atomic E-state index is 0. The first-order valence-electron chi connectivity index (χ1n) is 11.5. The van der Waals surface area contributed by atoms with Crippen LogP contribution in [0, 0.1) is 24.3 Å². The van der Waals surface area contributed by atoms with Crippen molar-refractivity contribution in [1.82, 2.24) is 9.97 Å². The van der Waals surface area contributed by atoms with Gasteiger partial charge in [-0.2, -0.15) is 108 Å². The normalized spacial score (nSPS) is 11.3. The fourth-order valence-electron chi connectivity index (χ4n) is 2.95. The molecule has 0 N–H and O–H groups in total. The largest absolute Gasteiger partial charge is 0.184 e. The summed E-state index contributed by atoms with van der Waals surface area (Å²) in [5, 5.41) is 0. The SMILES string of the molecule is Cl.Cl.[C-]1=C(c2ccncc2)C=CC1.[C-]1=C(c2ccncc2)C=CC1.[SiH2]=[Zr].[c-]1ccccc1.[c-]1ccccc1. The number of hydrogen-bond acceptors (Lipinski definition) is 2. The molecule has 0 bridgehead atoms. The Morgan fingerprint density at radius 3 is 1.11 bits per heavy atom. The van der Waals surface area contributed by atoms with Gasteiger partial charge in [0.1, 0.15) is 0 Å². The fraction of sp³-hybridized carbons (Fsp3) is 0.0625. The minimum atomic E-state index is 0. The van der Waals surface area contributed by atoms with Crippen molar-refractivity contribution in [3.63, 3.8) is 0 Å². The Balaban J connectivity index is 0.000000478. The second-order valence-electron chi connectivity index (χ2n) is 7.02. The first kappa shape index (κ1) is 35.4. The van der Waals surface area contributed by atoms with Crippen molar-refractivity contribution in [2.45, 2.75) is 12.8 Å². The van der Waals surface area contributed by atoms with E-state index in [9.17, 15) is 0 Å². The molecule has 2 aliphatic rings. The molecule has 0 radical (unpaired) electrons. The summed E-state index contributed by atoms with van der Waals surface area (Å²) in [5.41, 5.74) is 4.78. The van der Waals surface area contributed by atoms with Crippen LogP contribution in [-0.2, 0) is 23.3 Å². The second-order valence-corrected chi connectivity index (χ2v) is 7.02. The van der Waals surface area contributed by atoms with Gasteiger partial charge in [0, 0.05) is 24.8 Å². The zero-order chi connectivity index (χ0) is 25.5. The molecule has 0 atom stereocenters. The molecule has 4 aromatic rings. The maximum absolute atomic E-state index is 3.95. The van der Waals surface area contributed by atoms with E-state index in [0.29, 0.717) is 0 Å². The monoisotopic (exact) mass is 630 g/mol. The smallest absolute Gasteiger partial charge is 0.171 e. The van der Waals surface area contributed by atoms with E-state index in [4.69, 9.17) is 0 Å². The molecule has 0 unspecified atom stereocenters. The van der Waals surface area contributed by atoms with Gasteiger partial charge in [0.25, 0.3) is 0 Å². The molecule has 0 spiro atoms. The topological polar surface area (TPSA) is 25.8 Å². The predicted molar refractivity (Wildman–Crippen MR) is 163 cm³/mol. The molecule has 38 heavy (non-hydrogen) atoms. The molecule has 6 heteroatoms. The summed E-state index contributed by atoms with van der Waals surface area (Å²) in [5.74, 6) is 0. The van der Waals surface area contributed by atoms with E-state index < -0.39 is 0 Å². The van der Waals surface area contributed by atoms with Crippen LogP contribution in [0.1, 0.15) is 24.0 Å². The van der Waals surface area contributed by atoms with Gasteiger partial charge in [-0.3, -0.25) is 9.97 Å². The average Bonchev–Trinajstić information content (AvgIpc) is 3.74. The zero-order valence-corrected chi connectivity index (χ0v) is 26.5. The third kappa shape index (κ3) is 15.6. The van der Waals surface area contributed by atoms with Gasteiger partial charge in [-0.05, 0) is 0 Å². The summed E-state index contributed by atoms with van der Waals surface area (Å²) < 4.78 is 0. The van der Waals surface area contributed by atoms with Gasteiger partial charge in [0.2, 0.25) is 0 Å². The Bertz CT molecular complexity index is 1050. The summed E-state index contributed by atoms with van der Waals surface area (Å²) >= 11 is 1.58. The van der Waals surface area contributed by atoms with E-state index in [-0.39, 0.29) is 24.8 Å². The molecule has 2 heterocycles. The predicted octanol–water partition coefficient (Wildman–Crippen LogP) is 7.35. The van der Waals surface area contributed by atoms with Gasteiger partial charge in [0.05, 0.1) is 0 Å². The molecule has 2 aliphatic carbocycles. The van der Waals surface area contributed by atoms with Gasteiger partial charge in [-0.1, -0.05) is 37.1 Å². The molecular formula is C32H30Cl2N2SiZr-4. The number of pyridine rings is 2. The summed E-state index contributed by atoms with van der Waals surface area (Å²) in [7, 11) is 0. The van der Waals surface area contributed by atoms with Crippen LogP contribution in [0.4, 0.5) is 0 Å². The van der Waals surface area contributed by atoms with Gasteiger partial charge < -0.3 is 0 Å². The third-order valence-corrected chi connectivity index (χ3v) is 4.59. The molecule has 0 fully saturated rings. The fourth-order valence-corrected chi connectivity index (χ4v) is 2.95. The molecule has 2 nitrogen and oxygen atoms in total. The second kappa shape index (κ2) is 24.7. The quantitative estimate of drug-likeness (QED) is 0.171. The van der Waals surface area contributed by atoms with Crippen molar-refractivity contribution in [2.75, 3.05) is 0 Å². The average molecular weight is 633 g/mol. The van der Waals surface area contributed by atoms with Crippen molar-refractivity contribution >= 4 is 42.8 Å². The maximum Gasteiger partial charge on any atom is -0.171 e. The Kier molecular flexibility index (Phi) is 23.0. The van der Waals surface area contributed by atoms with Crippen molar-refractivity contribution in [3.8, 4) is 0 Å². The standard InChI is InChI=1S/2C10H8N.2C6H5.2ClH.H2Si.Zr/c2*1-2-4-9(3-1)10-5-7-11-8-6-10;2*1-2-4-6-5-3-1;;;;/h2*1,3,5-8H,2H2;2*1-5H;2*1H;1H2;/q4*-1;;;;. The van der Waals surface area contributed by atoms with Gasteiger partial charge >= 0.3 is 30.2 Å². The third-order valence-electron chi connectivity index (χ3n) is 4.59. The Morgan fingerprint density at radius 1 is 0.553 bits per heavy atom. The number of halogens is 2. The van der Waals surface area contributed by atoms with Crippen molar-refractivity contribution in [1.29, 1.82) is 0 Å². The van der Waals surface area contributed by atoms with E-state index in [1.807, 2.05) is 91.8 Å². The van der Waals surface area contributed by atoms with Crippen LogP contribution in [0.2, 0.25) is 0 Å². The van der Waals surface area contributed by atoms with Crippen LogP contribution in [-0.4, -0.2) is 16.8 Å². The molecule has 0 saturated carbocycles. The summed E-state index contributed by atoms with van der Waals surface area (Å²) in [6.07, 6.45) is 24.0. The van der Waals surface area contributed by atoms with E-state index in [0.717, 1.165) is 12.8 Å². The van der Waals surface area contributed by atoms with E-state index >= 15 is 0 Å². The molecule has 194 valence electrons. The summed E-state index contributed by atoms with van der Waals surface area (Å²) in [4.78, 5) is 7.90. The van der Waals surface area contributed by atoms with E-state index in [1.54, 1.807) is 48.1 Å². The van der Waals surface area contributed by atoms with Gasteiger partial charge in [0.15, 0.2) is 0 Å². The Morgan fingerprint density at radius 2 is 0.895 bits per heavy atom. The van der Waals surface area contributed by atoms with Crippen LogP contribution in [0.15, 0.2) is 134 Å². The van der Waals surface area contributed by atoms with Crippen molar-refractivity contribution in [2.24, 2.45) is 0 Å². The number of benzene rings is 2. The molecule has 0 aliphatic heterocycles. The number of hydrogen-bond donors (Lipinski definition) is 0. The first-order chi connectivity index (χ1) is 17.9. The van der Waals surface area contributed by atoms with Crippen LogP contribution >= 0.6 is 24.8 Å². The number of aromatic nitrogens is 2. The molecule has 0 amide bonds. The zero-order valence-electron chi connectivity index (χ0n) is 21.0. The minimum Gasteiger partial charge on any atom is -0.184 e. The first-order valence-corrected chi connectivity index (χ1v) is 17.4. The molecule has 6 rings (SSSR count). The summed E-state index contributed by atoms with van der Waals surface area (Å²) in [6.45, 7) is 1.95. The van der Waals surface area contributed by atoms with E-state index in [1.165, 1.54) is 22.3 Å². The van der Waals surface area contributed by atoms with Crippen LogP contribution in [0.25, 0.3) is 11.1 Å². The Labute approximate surface area is 256 Å². The van der Waals surface area contributed by atoms with E-state index in [2.05, 4.69) is 58.6 Å². The molecule has 2 aromatic heterocycles. The van der Waals surface area contributed by atoms with Crippen molar-refractivity contribution in [3.05, 3.63) is 169 Å². The Hall–Kier alpha value is -2.62. The summed E-state index contributed by atoms with van der Waals surface area (Å²) in [6, 6.07) is 33.0. The molecule has 2 aromatic carbocycles. The number of allylic oxidation sites excluding steroid dienone is 8. The van der Waals surface area contributed by atoms with Gasteiger partial charge in [-0.15, -0.1) is 48.1 Å². The number of rotatable bonds is 2. The molecule has 0 saturated heterocycles. The molecular weight excluding hydrogens is 603 g/mol. The van der Waals surface area contributed by atoms with Crippen LogP contribution in [0.3, 0.4) is 0 Å². The van der Waals surface area contributed by atoms with Crippen molar-refractivity contribution < 1.29 is 23.3 Å². The van der Waals surface area contributed by atoms with Gasteiger partial charge in [-0.25, -0.2) is 0 Å². The number of nitrogens with zero attached hydrogens (tertiary/aromatic N) is 2. The van der Waals surface area contributed by atoms with Crippen LogP contribution in [0.5, 0.6) is 0 Å². The maximum atomic E-state index is 3.95. The van der Waals surface area contributed by atoms with Crippen LogP contribution < -0.4 is 0 Å².